The van der Waals surface area contributed by atoms with Crippen molar-refractivity contribution in [2.24, 2.45) is 0 Å². The van der Waals surface area contributed by atoms with E-state index in [0.29, 0.717) is 36.9 Å². The summed E-state index contributed by atoms with van der Waals surface area (Å²) in [7, 11) is 4.91. The number of nitrogens with zero attached hydrogens (tertiary/aromatic N) is 2. The van der Waals surface area contributed by atoms with Crippen LogP contribution in [-0.4, -0.2) is 42.7 Å². The molecule has 1 aromatic carbocycles. The summed E-state index contributed by atoms with van der Waals surface area (Å²) in [6.45, 7) is 2.16. The number of nitrogens with one attached hydrogen (secondary N) is 1. The normalized spacial score (nSPS) is 17.4. The highest BCUT2D eigenvalue weighted by molar-refractivity contribution is 5.50. The maximum atomic E-state index is 12.7. The van der Waals surface area contributed by atoms with Crippen molar-refractivity contribution in [3.05, 3.63) is 45.1 Å². The highest BCUT2D eigenvalue weighted by atomic mass is 16.5. The van der Waals surface area contributed by atoms with Gasteiger partial charge in [0.25, 0.3) is 5.56 Å². The van der Waals surface area contributed by atoms with Crippen LogP contribution >= 0.6 is 0 Å². The number of H-pyrrole nitrogens is 1. The quantitative estimate of drug-likeness (QED) is 0.782. The molecule has 30 heavy (non-hydrogen) atoms. The van der Waals surface area contributed by atoms with Gasteiger partial charge in [0, 0.05) is 42.7 Å². The van der Waals surface area contributed by atoms with Crippen molar-refractivity contribution in [2.75, 3.05) is 27.9 Å². The lowest BCUT2D eigenvalue weighted by molar-refractivity contribution is 0.235. The zero-order valence-corrected chi connectivity index (χ0v) is 18.1. The topological polar surface area (TPSA) is 76.7 Å². The maximum absolute atomic E-state index is 12.7. The summed E-state index contributed by atoms with van der Waals surface area (Å²) in [5.74, 6) is 3.36. The minimum Gasteiger partial charge on any atom is -0.496 e. The molecule has 2 aliphatic rings. The Hall–Kier alpha value is -2.54. The number of benzene rings is 1. The number of ether oxygens (including phenoxy) is 3. The summed E-state index contributed by atoms with van der Waals surface area (Å²) in [4.78, 5) is 23.0. The Labute approximate surface area is 177 Å². The number of hydrogen-bond donors (Lipinski definition) is 1. The van der Waals surface area contributed by atoms with E-state index in [1.807, 2.05) is 12.1 Å². The van der Waals surface area contributed by atoms with Gasteiger partial charge in [-0.3, -0.25) is 9.69 Å². The van der Waals surface area contributed by atoms with Crippen LogP contribution in [0.3, 0.4) is 0 Å². The number of aromatic amines is 1. The molecule has 2 heterocycles. The van der Waals surface area contributed by atoms with Crippen molar-refractivity contribution in [1.82, 2.24) is 14.9 Å². The zero-order valence-electron chi connectivity index (χ0n) is 18.1. The number of methoxy groups -OCH3 is 3. The molecule has 7 nitrogen and oxygen atoms in total. The van der Waals surface area contributed by atoms with Crippen molar-refractivity contribution < 1.29 is 14.2 Å². The van der Waals surface area contributed by atoms with Crippen molar-refractivity contribution in [3.63, 3.8) is 0 Å². The molecule has 1 fully saturated rings. The van der Waals surface area contributed by atoms with E-state index in [0.717, 1.165) is 47.8 Å². The third-order valence-electron chi connectivity index (χ3n) is 6.34. The largest absolute Gasteiger partial charge is 0.496 e. The van der Waals surface area contributed by atoms with E-state index in [4.69, 9.17) is 19.2 Å². The van der Waals surface area contributed by atoms with Gasteiger partial charge in [0.05, 0.1) is 27.0 Å². The molecule has 1 aromatic heterocycles. The Morgan fingerprint density at radius 3 is 2.43 bits per heavy atom. The van der Waals surface area contributed by atoms with Gasteiger partial charge in [0.2, 0.25) is 0 Å². The fraction of sp³-hybridized carbons (Fsp3) is 0.565. The van der Waals surface area contributed by atoms with Gasteiger partial charge in [-0.25, -0.2) is 4.98 Å². The lowest BCUT2D eigenvalue weighted by Gasteiger charge is -2.29. The zero-order chi connectivity index (χ0) is 21.1. The summed E-state index contributed by atoms with van der Waals surface area (Å²) in [6, 6.07) is 3.82. The Morgan fingerprint density at radius 1 is 1.03 bits per heavy atom. The molecule has 0 bridgehead atoms. The molecule has 0 unspecified atom stereocenters. The Kier molecular flexibility index (Phi) is 6.27. The number of fused-ring (bicyclic) bond motifs is 1. The molecule has 0 saturated heterocycles. The molecular weight excluding hydrogens is 382 g/mol. The monoisotopic (exact) mass is 413 g/mol. The van der Waals surface area contributed by atoms with E-state index >= 15 is 0 Å². The second-order valence-electron chi connectivity index (χ2n) is 8.19. The second kappa shape index (κ2) is 9.08. The van der Waals surface area contributed by atoms with E-state index in [2.05, 4.69) is 9.88 Å². The smallest absolute Gasteiger partial charge is 0.254 e. The Morgan fingerprint density at radius 2 is 1.73 bits per heavy atom. The lowest BCUT2D eigenvalue weighted by atomic mass is 9.88. The molecule has 0 radical (unpaired) electrons. The fourth-order valence-electron chi connectivity index (χ4n) is 4.67. The van der Waals surface area contributed by atoms with Crippen LogP contribution in [0.1, 0.15) is 60.7 Å². The van der Waals surface area contributed by atoms with Crippen LogP contribution in [0.4, 0.5) is 0 Å². The third kappa shape index (κ3) is 4.17. The van der Waals surface area contributed by atoms with E-state index in [1.54, 1.807) is 21.3 Å². The molecule has 1 saturated carbocycles. The van der Waals surface area contributed by atoms with Crippen LogP contribution in [0.25, 0.3) is 0 Å². The third-order valence-corrected chi connectivity index (χ3v) is 6.34. The lowest BCUT2D eigenvalue weighted by Crippen LogP contribution is -2.35. The maximum Gasteiger partial charge on any atom is 0.254 e. The van der Waals surface area contributed by atoms with Crippen molar-refractivity contribution >= 4 is 0 Å². The fourth-order valence-corrected chi connectivity index (χ4v) is 4.67. The van der Waals surface area contributed by atoms with E-state index in [1.165, 1.54) is 19.3 Å². The highest BCUT2D eigenvalue weighted by Gasteiger charge is 2.25. The summed E-state index contributed by atoms with van der Waals surface area (Å²) in [5, 5.41) is 0. The van der Waals surface area contributed by atoms with Gasteiger partial charge in [0.1, 0.15) is 11.6 Å². The van der Waals surface area contributed by atoms with Crippen LogP contribution < -0.4 is 19.8 Å². The van der Waals surface area contributed by atoms with Gasteiger partial charge >= 0.3 is 0 Å². The molecule has 0 atom stereocenters. The molecule has 1 N–H and O–H groups in total. The Balaban J connectivity index is 1.57. The average molecular weight is 414 g/mol. The summed E-state index contributed by atoms with van der Waals surface area (Å²) in [6.07, 6.45) is 6.67. The first kappa shape index (κ1) is 20.7. The van der Waals surface area contributed by atoms with Gasteiger partial charge in [0.15, 0.2) is 11.5 Å². The molecular formula is C23H31N3O4. The van der Waals surface area contributed by atoms with Crippen LogP contribution in [0.15, 0.2) is 16.9 Å². The van der Waals surface area contributed by atoms with Crippen LogP contribution in [-0.2, 0) is 19.5 Å². The molecule has 0 spiro atoms. The standard InChI is InChI=1S/C23H31N3O4/c1-28-19-12-21(30-3)20(29-2)11-16(19)13-26-10-9-17-18(14-26)24-22(25-23(17)27)15-7-5-4-6-8-15/h11-12,15H,4-10,13-14H2,1-3H3,(H,24,25,27). The predicted molar refractivity (Wildman–Crippen MR) is 115 cm³/mol. The number of rotatable bonds is 6. The first-order valence-electron chi connectivity index (χ1n) is 10.8. The predicted octanol–water partition coefficient (Wildman–Crippen LogP) is 3.40. The highest BCUT2D eigenvalue weighted by Crippen LogP contribution is 2.36. The SMILES string of the molecule is COc1cc(OC)c(OC)cc1CN1CCc2c(nc(C3CCCCC3)[nH]c2=O)C1. The van der Waals surface area contributed by atoms with E-state index in [-0.39, 0.29) is 5.56 Å². The molecule has 4 rings (SSSR count). The van der Waals surface area contributed by atoms with Crippen LogP contribution in [0.2, 0.25) is 0 Å². The molecule has 0 amide bonds. The molecule has 2 aromatic rings. The summed E-state index contributed by atoms with van der Waals surface area (Å²) >= 11 is 0. The molecule has 162 valence electrons. The molecule has 1 aliphatic heterocycles. The van der Waals surface area contributed by atoms with Crippen LogP contribution in [0, 0.1) is 0 Å². The first-order chi connectivity index (χ1) is 14.6. The van der Waals surface area contributed by atoms with Crippen molar-refractivity contribution in [2.45, 2.75) is 57.5 Å². The van der Waals surface area contributed by atoms with Gasteiger partial charge in [-0.15, -0.1) is 0 Å². The minimum atomic E-state index is 0.0453. The van der Waals surface area contributed by atoms with E-state index in [9.17, 15) is 4.79 Å². The first-order valence-corrected chi connectivity index (χ1v) is 10.8. The number of aromatic nitrogens is 2. The van der Waals surface area contributed by atoms with Crippen molar-refractivity contribution in [3.8, 4) is 17.2 Å². The van der Waals surface area contributed by atoms with Gasteiger partial charge in [-0.2, -0.15) is 0 Å². The van der Waals surface area contributed by atoms with Gasteiger partial charge in [-0.05, 0) is 25.3 Å². The Bertz CT molecular complexity index is 950. The van der Waals surface area contributed by atoms with E-state index < -0.39 is 0 Å². The minimum absolute atomic E-state index is 0.0453. The molecule has 7 heteroatoms. The summed E-state index contributed by atoms with van der Waals surface area (Å²) < 4.78 is 16.4. The van der Waals surface area contributed by atoms with Crippen molar-refractivity contribution in [1.29, 1.82) is 0 Å². The average Bonchev–Trinajstić information content (AvgIpc) is 2.79. The van der Waals surface area contributed by atoms with Gasteiger partial charge in [-0.1, -0.05) is 19.3 Å². The van der Waals surface area contributed by atoms with Gasteiger partial charge < -0.3 is 19.2 Å². The second-order valence-corrected chi connectivity index (χ2v) is 8.19. The summed E-state index contributed by atoms with van der Waals surface area (Å²) in [5.41, 5.74) is 2.83. The molecule has 1 aliphatic carbocycles. The number of hydrogen-bond acceptors (Lipinski definition) is 6. The van der Waals surface area contributed by atoms with Crippen LogP contribution in [0.5, 0.6) is 17.2 Å².